The van der Waals surface area contributed by atoms with E-state index >= 15 is 0 Å². The molecule has 1 amide bonds. The van der Waals surface area contributed by atoms with Gasteiger partial charge in [-0.2, -0.15) is 13.2 Å². The van der Waals surface area contributed by atoms with Gasteiger partial charge in [0.25, 0.3) is 5.91 Å². The Morgan fingerprint density at radius 2 is 2.12 bits per heavy atom. The summed E-state index contributed by atoms with van der Waals surface area (Å²) in [6, 6.07) is 1.69. The SMILES string of the molecule is CN(N)/C(=N\N)NC(=O)c1ccc(C(F)(F)F)nc1-n1ccnc1. The van der Waals surface area contributed by atoms with Crippen LogP contribution in [0.4, 0.5) is 13.2 Å². The monoisotopic (exact) mass is 342 g/mol. The lowest BCUT2D eigenvalue weighted by atomic mass is 10.2. The first-order valence-electron chi connectivity index (χ1n) is 6.38. The van der Waals surface area contributed by atoms with Crippen molar-refractivity contribution >= 4 is 11.9 Å². The van der Waals surface area contributed by atoms with Gasteiger partial charge in [0.1, 0.15) is 12.0 Å². The van der Waals surface area contributed by atoms with Gasteiger partial charge >= 0.3 is 6.18 Å². The molecule has 0 aliphatic rings. The van der Waals surface area contributed by atoms with Crippen LogP contribution in [0.1, 0.15) is 16.1 Å². The summed E-state index contributed by atoms with van der Waals surface area (Å²) in [6.07, 6.45) is -0.756. The van der Waals surface area contributed by atoms with Crippen LogP contribution in [0, 0.1) is 0 Å². The van der Waals surface area contributed by atoms with Crippen LogP contribution in [-0.4, -0.2) is 38.5 Å². The number of pyridine rings is 1. The molecule has 0 radical (unpaired) electrons. The van der Waals surface area contributed by atoms with E-state index in [2.05, 4.69) is 20.4 Å². The number of halogens is 3. The van der Waals surface area contributed by atoms with Gasteiger partial charge in [0, 0.05) is 19.4 Å². The average Bonchev–Trinajstić information content (AvgIpc) is 3.04. The molecule has 24 heavy (non-hydrogen) atoms. The molecule has 2 aromatic heterocycles. The lowest BCUT2D eigenvalue weighted by molar-refractivity contribution is -0.141. The summed E-state index contributed by atoms with van der Waals surface area (Å²) >= 11 is 0. The number of aromatic nitrogens is 3. The van der Waals surface area contributed by atoms with Crippen LogP contribution in [0.15, 0.2) is 36.0 Å². The summed E-state index contributed by atoms with van der Waals surface area (Å²) in [6.45, 7) is 0. The number of hydrazone groups is 1. The zero-order valence-electron chi connectivity index (χ0n) is 12.3. The number of hydrogen-bond acceptors (Lipinski definition) is 6. The van der Waals surface area contributed by atoms with E-state index in [9.17, 15) is 18.0 Å². The van der Waals surface area contributed by atoms with E-state index in [4.69, 9.17) is 11.7 Å². The van der Waals surface area contributed by atoms with E-state index in [1.54, 1.807) is 0 Å². The number of rotatable bonds is 2. The Morgan fingerprint density at radius 3 is 2.62 bits per heavy atom. The van der Waals surface area contributed by atoms with Crippen molar-refractivity contribution in [1.29, 1.82) is 0 Å². The Kier molecular flexibility index (Phi) is 4.69. The Bertz CT molecular complexity index is 754. The Balaban J connectivity index is 2.48. The molecule has 2 heterocycles. The molecule has 0 fully saturated rings. The van der Waals surface area contributed by atoms with E-state index in [-0.39, 0.29) is 17.3 Å². The molecule has 0 saturated heterocycles. The van der Waals surface area contributed by atoms with E-state index in [1.165, 1.54) is 30.3 Å². The number of guanidine groups is 1. The number of amides is 1. The van der Waals surface area contributed by atoms with E-state index in [0.29, 0.717) is 6.07 Å². The van der Waals surface area contributed by atoms with Crippen LogP contribution >= 0.6 is 0 Å². The fourth-order valence-corrected chi connectivity index (χ4v) is 1.75. The molecule has 0 aliphatic carbocycles. The van der Waals surface area contributed by atoms with Crippen LogP contribution < -0.4 is 17.0 Å². The number of nitrogens with two attached hydrogens (primary N) is 2. The van der Waals surface area contributed by atoms with Crippen LogP contribution in [0.2, 0.25) is 0 Å². The highest BCUT2D eigenvalue weighted by Crippen LogP contribution is 2.29. The standard InChI is InChI=1S/C12H13F3N8O/c1-22(17)11(21-16)20-10(24)7-2-3-8(12(13,14)15)19-9(7)23-5-4-18-6-23/h2-6H,16-17H2,1H3,(H,20,21,24). The predicted molar refractivity (Wildman–Crippen MR) is 77.4 cm³/mol. The smallest absolute Gasteiger partial charge is 0.320 e. The maximum absolute atomic E-state index is 12.9. The molecule has 2 aromatic rings. The van der Waals surface area contributed by atoms with Crippen molar-refractivity contribution in [1.82, 2.24) is 24.9 Å². The number of hydrazine groups is 1. The normalized spacial score (nSPS) is 12.1. The molecular formula is C12H13F3N8O. The number of carbonyl (C=O) groups is 1. The third-order valence-corrected chi connectivity index (χ3v) is 2.84. The first-order chi connectivity index (χ1) is 11.2. The highest BCUT2D eigenvalue weighted by Gasteiger charge is 2.34. The molecule has 0 spiro atoms. The van der Waals surface area contributed by atoms with Crippen molar-refractivity contribution in [2.75, 3.05) is 7.05 Å². The van der Waals surface area contributed by atoms with Crippen LogP contribution in [0.5, 0.6) is 0 Å². The summed E-state index contributed by atoms with van der Waals surface area (Å²) in [5.41, 5.74) is -1.30. The number of alkyl halides is 3. The topological polar surface area (TPSA) is 127 Å². The molecule has 5 N–H and O–H groups in total. The van der Waals surface area contributed by atoms with Crippen LogP contribution in [0.25, 0.3) is 5.82 Å². The van der Waals surface area contributed by atoms with Crippen molar-refractivity contribution < 1.29 is 18.0 Å². The third kappa shape index (κ3) is 3.60. The number of nitrogens with zero attached hydrogens (tertiary/aromatic N) is 5. The van der Waals surface area contributed by atoms with E-state index < -0.39 is 17.8 Å². The predicted octanol–water partition coefficient (Wildman–Crippen LogP) is 0.0511. The zero-order chi connectivity index (χ0) is 17.9. The minimum Gasteiger partial charge on any atom is -0.320 e. The van der Waals surface area contributed by atoms with Crippen molar-refractivity contribution in [2.24, 2.45) is 16.8 Å². The minimum atomic E-state index is -4.66. The molecule has 0 unspecified atom stereocenters. The first kappa shape index (κ1) is 17.2. The van der Waals surface area contributed by atoms with Gasteiger partial charge in [-0.25, -0.2) is 15.8 Å². The molecule has 2 rings (SSSR count). The Morgan fingerprint density at radius 1 is 1.42 bits per heavy atom. The fraction of sp³-hybridized carbons (Fsp3) is 0.167. The van der Waals surface area contributed by atoms with Crippen molar-refractivity contribution in [3.05, 3.63) is 42.1 Å². The van der Waals surface area contributed by atoms with Crippen LogP contribution in [0.3, 0.4) is 0 Å². The summed E-state index contributed by atoms with van der Waals surface area (Å²) in [4.78, 5) is 19.6. The minimum absolute atomic E-state index is 0.149. The fourth-order valence-electron chi connectivity index (χ4n) is 1.75. The quantitative estimate of drug-likeness (QED) is 0.306. The second-order valence-electron chi connectivity index (χ2n) is 4.55. The summed E-state index contributed by atoms with van der Waals surface area (Å²) in [5, 5.41) is 6.48. The highest BCUT2D eigenvalue weighted by atomic mass is 19.4. The molecule has 128 valence electrons. The maximum Gasteiger partial charge on any atom is 0.433 e. The lowest BCUT2D eigenvalue weighted by Gasteiger charge is -2.16. The van der Waals surface area contributed by atoms with Gasteiger partial charge in [0.15, 0.2) is 5.82 Å². The van der Waals surface area contributed by atoms with Crippen molar-refractivity contribution in [3.63, 3.8) is 0 Å². The number of nitrogens with one attached hydrogen (secondary N) is 1. The number of imidazole rings is 1. The first-order valence-corrected chi connectivity index (χ1v) is 6.38. The van der Waals surface area contributed by atoms with Crippen LogP contribution in [-0.2, 0) is 6.18 Å². The van der Waals surface area contributed by atoms with Gasteiger partial charge in [-0.05, 0) is 12.1 Å². The van der Waals surface area contributed by atoms with Gasteiger partial charge in [-0.15, -0.1) is 5.10 Å². The third-order valence-electron chi connectivity index (χ3n) is 2.84. The molecule has 9 nitrogen and oxygen atoms in total. The maximum atomic E-state index is 12.9. The second-order valence-corrected chi connectivity index (χ2v) is 4.55. The van der Waals surface area contributed by atoms with E-state index in [0.717, 1.165) is 11.1 Å². The average molecular weight is 342 g/mol. The molecule has 0 bridgehead atoms. The molecule has 0 atom stereocenters. The van der Waals surface area contributed by atoms with Gasteiger partial charge in [-0.3, -0.25) is 19.7 Å². The lowest BCUT2D eigenvalue weighted by Crippen LogP contribution is -2.46. The van der Waals surface area contributed by atoms with Gasteiger partial charge in [0.05, 0.1) is 5.56 Å². The summed E-state index contributed by atoms with van der Waals surface area (Å²) in [7, 11) is 1.37. The largest absolute Gasteiger partial charge is 0.433 e. The van der Waals surface area contributed by atoms with Gasteiger partial charge < -0.3 is 5.84 Å². The van der Waals surface area contributed by atoms with Crippen molar-refractivity contribution in [3.8, 4) is 5.82 Å². The Labute approximate surface area is 133 Å². The second kappa shape index (κ2) is 6.54. The molecule has 0 aromatic carbocycles. The van der Waals surface area contributed by atoms with E-state index in [1.807, 2.05) is 0 Å². The number of carbonyl (C=O) groups excluding carboxylic acids is 1. The van der Waals surface area contributed by atoms with Gasteiger partial charge in [0.2, 0.25) is 5.96 Å². The number of hydrogen-bond donors (Lipinski definition) is 3. The summed E-state index contributed by atoms with van der Waals surface area (Å²) in [5.74, 6) is 9.27. The van der Waals surface area contributed by atoms with Crippen molar-refractivity contribution in [2.45, 2.75) is 6.18 Å². The summed E-state index contributed by atoms with van der Waals surface area (Å²) < 4.78 is 39.8. The zero-order valence-corrected chi connectivity index (χ0v) is 12.3. The molecular weight excluding hydrogens is 329 g/mol. The molecule has 0 aliphatic heterocycles. The highest BCUT2D eigenvalue weighted by molar-refractivity contribution is 6.07. The molecule has 0 saturated carbocycles. The molecule has 12 heteroatoms. The Hall–Kier alpha value is -3.15. The van der Waals surface area contributed by atoms with Gasteiger partial charge in [-0.1, -0.05) is 0 Å².